The van der Waals surface area contributed by atoms with E-state index in [4.69, 9.17) is 4.74 Å². The summed E-state index contributed by atoms with van der Waals surface area (Å²) in [4.78, 5) is 0. The zero-order valence-corrected chi connectivity index (χ0v) is 9.88. The number of fused-ring (bicyclic) bond motifs is 1. The van der Waals surface area contributed by atoms with Gasteiger partial charge in [-0.15, -0.1) is 0 Å². The first-order valence-corrected chi connectivity index (χ1v) is 6.30. The van der Waals surface area contributed by atoms with Gasteiger partial charge in [-0.2, -0.15) is 11.3 Å². The smallest absolute Gasteiger partial charge is 0.143 e. The lowest BCUT2D eigenvalue weighted by atomic mass is 10.1. The van der Waals surface area contributed by atoms with Crippen molar-refractivity contribution in [2.75, 3.05) is 11.9 Å². The fourth-order valence-electron chi connectivity index (χ4n) is 1.93. The van der Waals surface area contributed by atoms with Gasteiger partial charge in [-0.3, -0.25) is 0 Å². The van der Waals surface area contributed by atoms with Crippen molar-refractivity contribution in [3.8, 4) is 5.75 Å². The van der Waals surface area contributed by atoms with Gasteiger partial charge >= 0.3 is 0 Å². The highest BCUT2D eigenvalue weighted by Crippen LogP contribution is 2.35. The van der Waals surface area contributed by atoms with E-state index in [0.717, 1.165) is 18.0 Å². The molecular weight excluding hydrogens is 218 g/mol. The molecule has 3 heteroatoms. The van der Waals surface area contributed by atoms with Crippen molar-refractivity contribution in [1.82, 2.24) is 0 Å². The van der Waals surface area contributed by atoms with Gasteiger partial charge in [0.05, 0.1) is 12.2 Å². The third kappa shape index (κ3) is 1.67. The zero-order valence-electron chi connectivity index (χ0n) is 9.07. The second-order valence-corrected chi connectivity index (χ2v) is 4.82. The van der Waals surface area contributed by atoms with Crippen LogP contribution >= 0.6 is 11.3 Å². The van der Waals surface area contributed by atoms with Crippen molar-refractivity contribution in [3.63, 3.8) is 0 Å². The molecule has 0 aliphatic carbocycles. The Labute approximate surface area is 98.9 Å². The van der Waals surface area contributed by atoms with Crippen LogP contribution in [0.25, 0.3) is 0 Å². The van der Waals surface area contributed by atoms with Crippen molar-refractivity contribution in [3.05, 3.63) is 46.2 Å². The fraction of sp³-hybridized carbons (Fsp3) is 0.231. The zero-order chi connectivity index (χ0) is 11.0. The third-order valence-corrected chi connectivity index (χ3v) is 3.50. The van der Waals surface area contributed by atoms with Gasteiger partial charge in [-0.25, -0.2) is 0 Å². The molecule has 0 amide bonds. The van der Waals surface area contributed by atoms with Crippen LogP contribution in [0.3, 0.4) is 0 Å². The van der Waals surface area contributed by atoms with Crippen LogP contribution < -0.4 is 10.1 Å². The number of benzene rings is 1. The molecule has 1 N–H and O–H groups in total. The minimum Gasteiger partial charge on any atom is -0.482 e. The van der Waals surface area contributed by atoms with Crippen LogP contribution in [0.2, 0.25) is 0 Å². The number of rotatable bonds is 1. The summed E-state index contributed by atoms with van der Waals surface area (Å²) in [5.41, 5.74) is 3.61. The maximum atomic E-state index is 5.98. The maximum Gasteiger partial charge on any atom is 0.143 e. The highest BCUT2D eigenvalue weighted by atomic mass is 32.1. The highest BCUT2D eigenvalue weighted by Gasteiger charge is 2.20. The van der Waals surface area contributed by atoms with Gasteiger partial charge < -0.3 is 10.1 Å². The summed E-state index contributed by atoms with van der Waals surface area (Å²) in [6.45, 7) is 2.93. The van der Waals surface area contributed by atoms with E-state index in [1.54, 1.807) is 11.3 Å². The normalized spacial score (nSPS) is 18.4. The molecule has 82 valence electrons. The first kappa shape index (κ1) is 9.73. The molecule has 0 spiro atoms. The Morgan fingerprint density at radius 3 is 3.12 bits per heavy atom. The summed E-state index contributed by atoms with van der Waals surface area (Å²) in [7, 11) is 0. The van der Waals surface area contributed by atoms with Crippen molar-refractivity contribution in [2.24, 2.45) is 0 Å². The Balaban J connectivity index is 1.89. The van der Waals surface area contributed by atoms with Crippen molar-refractivity contribution in [1.29, 1.82) is 0 Å². The molecule has 0 radical (unpaired) electrons. The fourth-order valence-corrected chi connectivity index (χ4v) is 2.63. The lowest BCUT2D eigenvalue weighted by Crippen LogP contribution is -2.23. The molecule has 16 heavy (non-hydrogen) atoms. The van der Waals surface area contributed by atoms with Gasteiger partial charge in [-0.1, -0.05) is 6.07 Å². The maximum absolute atomic E-state index is 5.98. The minimum absolute atomic E-state index is 0.140. The monoisotopic (exact) mass is 231 g/mol. The highest BCUT2D eigenvalue weighted by molar-refractivity contribution is 7.07. The van der Waals surface area contributed by atoms with Crippen LogP contribution in [0, 0.1) is 6.92 Å². The van der Waals surface area contributed by atoms with Crippen molar-refractivity contribution in [2.45, 2.75) is 13.0 Å². The second kappa shape index (κ2) is 3.83. The van der Waals surface area contributed by atoms with Crippen molar-refractivity contribution < 1.29 is 4.74 Å². The summed E-state index contributed by atoms with van der Waals surface area (Å²) in [5, 5.41) is 7.65. The van der Waals surface area contributed by atoms with Crippen LogP contribution in [0.5, 0.6) is 5.75 Å². The molecule has 1 aromatic carbocycles. The van der Waals surface area contributed by atoms with Gasteiger partial charge in [0.25, 0.3) is 0 Å². The third-order valence-electron chi connectivity index (χ3n) is 2.80. The Morgan fingerprint density at radius 1 is 1.38 bits per heavy atom. The quantitative estimate of drug-likeness (QED) is 0.809. The molecule has 1 unspecified atom stereocenters. The number of nitrogens with one attached hydrogen (secondary N) is 1. The average molecular weight is 231 g/mol. The van der Waals surface area contributed by atoms with Crippen LogP contribution in [0.15, 0.2) is 35.0 Å². The van der Waals surface area contributed by atoms with Gasteiger partial charge in [0.1, 0.15) is 11.9 Å². The van der Waals surface area contributed by atoms with E-state index in [2.05, 4.69) is 41.2 Å². The Bertz CT molecular complexity index is 493. The average Bonchev–Trinajstić information content (AvgIpc) is 2.82. The second-order valence-electron chi connectivity index (χ2n) is 4.04. The predicted octanol–water partition coefficient (Wildman–Crippen LogP) is 3.60. The molecule has 0 fully saturated rings. The topological polar surface area (TPSA) is 21.3 Å². The summed E-state index contributed by atoms with van der Waals surface area (Å²) in [6.07, 6.45) is 0.140. The molecule has 1 atom stereocenters. The van der Waals surface area contributed by atoms with Crippen LogP contribution in [-0.4, -0.2) is 6.54 Å². The molecule has 1 aromatic heterocycles. The summed E-state index contributed by atoms with van der Waals surface area (Å²) >= 11 is 1.71. The van der Waals surface area contributed by atoms with Gasteiger partial charge in [0.2, 0.25) is 0 Å². The standard InChI is InChI=1S/C13H13NOS/c1-9-2-3-12-11(6-9)14-7-13(15-12)10-4-5-16-8-10/h2-6,8,13-14H,7H2,1H3. The summed E-state index contributed by atoms with van der Waals surface area (Å²) < 4.78 is 5.98. The first-order chi connectivity index (χ1) is 7.83. The molecule has 0 saturated carbocycles. The molecule has 2 nitrogen and oxygen atoms in total. The van der Waals surface area contributed by atoms with E-state index in [1.165, 1.54) is 11.1 Å². The van der Waals surface area contributed by atoms with Gasteiger partial charge in [0.15, 0.2) is 0 Å². The number of aryl methyl sites for hydroxylation is 1. The Morgan fingerprint density at radius 2 is 2.31 bits per heavy atom. The number of hydrogen-bond donors (Lipinski definition) is 1. The molecule has 2 heterocycles. The molecule has 1 aliphatic heterocycles. The molecule has 3 rings (SSSR count). The lowest BCUT2D eigenvalue weighted by molar-refractivity contribution is 0.211. The number of anilines is 1. The molecule has 2 aromatic rings. The summed E-state index contributed by atoms with van der Waals surface area (Å²) in [6, 6.07) is 8.36. The van der Waals surface area contributed by atoms with E-state index < -0.39 is 0 Å². The molecular formula is C13H13NOS. The first-order valence-electron chi connectivity index (χ1n) is 5.36. The summed E-state index contributed by atoms with van der Waals surface area (Å²) in [5.74, 6) is 0.952. The molecule has 0 saturated heterocycles. The van der Waals surface area contributed by atoms with Crippen LogP contribution in [0.4, 0.5) is 5.69 Å². The van der Waals surface area contributed by atoms with E-state index in [-0.39, 0.29) is 6.10 Å². The van der Waals surface area contributed by atoms with E-state index >= 15 is 0 Å². The molecule has 0 bridgehead atoms. The lowest BCUT2D eigenvalue weighted by Gasteiger charge is -2.27. The number of hydrogen-bond acceptors (Lipinski definition) is 3. The predicted molar refractivity (Wildman–Crippen MR) is 67.4 cm³/mol. The van der Waals surface area contributed by atoms with Crippen molar-refractivity contribution >= 4 is 17.0 Å². The number of ether oxygens (including phenoxy) is 1. The molecule has 1 aliphatic rings. The Hall–Kier alpha value is -1.48. The SMILES string of the molecule is Cc1ccc2c(c1)NCC(c1ccsc1)O2. The van der Waals surface area contributed by atoms with E-state index in [9.17, 15) is 0 Å². The van der Waals surface area contributed by atoms with E-state index in [0.29, 0.717) is 0 Å². The van der Waals surface area contributed by atoms with Crippen LogP contribution in [0.1, 0.15) is 17.2 Å². The van der Waals surface area contributed by atoms with Gasteiger partial charge in [0, 0.05) is 5.56 Å². The minimum atomic E-state index is 0.140. The van der Waals surface area contributed by atoms with Gasteiger partial charge in [-0.05, 0) is 41.4 Å². The largest absolute Gasteiger partial charge is 0.482 e. The Kier molecular flexibility index (Phi) is 2.33. The van der Waals surface area contributed by atoms with Crippen LogP contribution in [-0.2, 0) is 0 Å². The van der Waals surface area contributed by atoms with E-state index in [1.807, 2.05) is 6.07 Å². The number of thiophene rings is 1.